The Balaban J connectivity index is 0.000000306. The Bertz CT molecular complexity index is 3170. The number of nitrogens with one attached hydrogen (secondary N) is 3. The molecule has 4 aliphatic rings. The lowest BCUT2D eigenvalue weighted by Crippen LogP contribution is -2.51. The van der Waals surface area contributed by atoms with Gasteiger partial charge in [-0.05, 0) is 93.5 Å². The van der Waals surface area contributed by atoms with E-state index in [1.165, 1.54) is 24.8 Å². The number of amides is 3. The number of ether oxygens (including phenoxy) is 1. The van der Waals surface area contributed by atoms with Gasteiger partial charge in [0.15, 0.2) is 6.29 Å². The molecule has 430 valence electrons. The second-order valence-corrected chi connectivity index (χ2v) is 21.5. The van der Waals surface area contributed by atoms with Crippen LogP contribution in [0.25, 0.3) is 32.9 Å². The molecular formula is C59H71F2N10O9P. The van der Waals surface area contributed by atoms with E-state index in [2.05, 4.69) is 47.5 Å². The van der Waals surface area contributed by atoms with Crippen LogP contribution in [0.2, 0.25) is 0 Å². The number of aromatic nitrogens is 3. The maximum absolute atomic E-state index is 15.1. The highest BCUT2D eigenvalue weighted by Gasteiger charge is 2.51. The molecule has 0 saturated carbocycles. The number of benzene rings is 3. The fourth-order valence-corrected chi connectivity index (χ4v) is 12.4. The maximum Gasteiger partial charge on any atom is 0.319 e. The van der Waals surface area contributed by atoms with E-state index in [4.69, 9.17) is 30.9 Å². The molecule has 0 spiro atoms. The molecule has 4 aliphatic heterocycles. The van der Waals surface area contributed by atoms with E-state index in [0.717, 1.165) is 93.6 Å². The largest absolute Gasteiger partial charge is 0.508 e. The number of pyridine rings is 1. The number of phenolic OH excluding ortho intramolecular Hbond substituents is 1. The molecule has 7 atom stereocenters. The number of halogens is 2. The van der Waals surface area contributed by atoms with Crippen LogP contribution in [0.4, 0.5) is 20.4 Å². The highest BCUT2D eigenvalue weighted by Crippen LogP contribution is 2.45. The number of piperazine rings is 1. The van der Waals surface area contributed by atoms with Crippen LogP contribution in [0.3, 0.4) is 0 Å². The number of aldehydes is 2. The topological polar surface area (TPSA) is 240 Å². The van der Waals surface area contributed by atoms with E-state index in [9.17, 15) is 38.7 Å². The van der Waals surface area contributed by atoms with Crippen LogP contribution in [0.15, 0.2) is 60.8 Å². The number of nitrogens with zero attached hydrogens (tertiary/aromatic N) is 7. The quantitative estimate of drug-likeness (QED) is 0.0140. The van der Waals surface area contributed by atoms with Crippen molar-refractivity contribution < 1.29 is 52.6 Å². The fraction of sp³-hybridized carbons (Fsp3) is 0.441. The highest BCUT2D eigenvalue weighted by atomic mass is 31.0. The molecule has 5 aromatic rings. The average molecular weight is 1130 g/mol. The highest BCUT2D eigenvalue weighted by molar-refractivity contribution is 7.28. The number of anilines is 2. The molecule has 22 heteroatoms. The third kappa shape index (κ3) is 13.4. The van der Waals surface area contributed by atoms with Crippen LogP contribution in [0.5, 0.6) is 11.8 Å². The van der Waals surface area contributed by atoms with Crippen molar-refractivity contribution in [3.63, 3.8) is 0 Å². The summed E-state index contributed by atoms with van der Waals surface area (Å²) in [5.41, 5.74) is 3.37. The minimum atomic E-state index is -1.15. The summed E-state index contributed by atoms with van der Waals surface area (Å²) in [6.07, 6.45) is 16.5. The van der Waals surface area contributed by atoms with Gasteiger partial charge >= 0.3 is 6.01 Å². The summed E-state index contributed by atoms with van der Waals surface area (Å²) in [7, 11) is 5.70. The van der Waals surface area contributed by atoms with Gasteiger partial charge in [-0.25, -0.2) is 4.39 Å². The zero-order valence-electron chi connectivity index (χ0n) is 46.0. The molecule has 9 rings (SSSR count). The summed E-state index contributed by atoms with van der Waals surface area (Å²) in [5.74, 6) is 1.23. The number of aliphatic hydroxyl groups is 1. The van der Waals surface area contributed by atoms with Gasteiger partial charge in [-0.3, -0.25) is 29.1 Å². The summed E-state index contributed by atoms with van der Waals surface area (Å²) >= 11 is 0. The molecule has 0 aliphatic carbocycles. The molecule has 5 N–H and O–H groups in total. The zero-order valence-corrected chi connectivity index (χ0v) is 47.1. The van der Waals surface area contributed by atoms with Gasteiger partial charge in [-0.1, -0.05) is 54.1 Å². The SMILES string of the molecule is C#Cc1c(F)ccc2cc(O)cc(-c3ncc4c(N5CC6CCC(C5)N6)nc(OCC56CCC(CNCCC(CC=O)CCO)N5CC(=C)C6)nc4c3P)c12.C=O.CCCC(C(=O)N(F)C=O)N(C)C(=O)c1c(C=O)cccc1NC. The third-order valence-electron chi connectivity index (χ3n) is 15.9. The Hall–Kier alpha value is -7.34. The summed E-state index contributed by atoms with van der Waals surface area (Å²) in [6, 6.07) is 10.9. The third-order valence-corrected chi connectivity index (χ3v) is 16.4. The predicted molar refractivity (Wildman–Crippen MR) is 310 cm³/mol. The van der Waals surface area contributed by atoms with Crippen LogP contribution in [-0.2, 0) is 19.2 Å². The first-order chi connectivity index (χ1) is 39.1. The lowest BCUT2D eigenvalue weighted by Gasteiger charge is -2.35. The number of carbonyl (C=O) groups is 6. The number of aromatic hydroxyl groups is 1. The molecule has 2 bridgehead atoms. The zero-order chi connectivity index (χ0) is 58.5. The lowest BCUT2D eigenvalue weighted by molar-refractivity contribution is -0.157. The molecule has 6 heterocycles. The summed E-state index contributed by atoms with van der Waals surface area (Å²) < 4.78 is 35.1. The summed E-state index contributed by atoms with van der Waals surface area (Å²) in [6.45, 7) is 12.7. The predicted octanol–water partition coefficient (Wildman–Crippen LogP) is 5.69. The molecule has 3 aromatic carbocycles. The van der Waals surface area contributed by atoms with Crippen molar-refractivity contribution in [2.75, 3.05) is 70.2 Å². The Morgan fingerprint density at radius 1 is 1.10 bits per heavy atom. The van der Waals surface area contributed by atoms with Crippen LogP contribution in [0.1, 0.15) is 97.4 Å². The van der Waals surface area contributed by atoms with E-state index in [0.29, 0.717) is 88.8 Å². The second-order valence-electron chi connectivity index (χ2n) is 21.0. The first-order valence-electron chi connectivity index (χ1n) is 27.1. The number of carbonyl (C=O) groups excluding carboxylic acids is 6. The maximum atomic E-state index is 15.1. The number of phenols is 1. The molecule has 3 amide bonds. The summed E-state index contributed by atoms with van der Waals surface area (Å²) in [5, 5.41) is 32.2. The molecule has 19 nitrogen and oxygen atoms in total. The normalized spacial score (nSPS) is 19.8. The van der Waals surface area contributed by atoms with Gasteiger partial charge < -0.3 is 50.3 Å². The molecule has 7 unspecified atom stereocenters. The van der Waals surface area contributed by atoms with E-state index >= 15 is 4.39 Å². The molecule has 81 heavy (non-hydrogen) atoms. The Labute approximate surface area is 472 Å². The van der Waals surface area contributed by atoms with E-state index in [1.807, 2.05) is 6.79 Å². The average Bonchev–Trinajstić information content (AvgIpc) is 4.16. The van der Waals surface area contributed by atoms with Crippen LogP contribution in [0, 0.1) is 24.1 Å². The van der Waals surface area contributed by atoms with Gasteiger partial charge in [-0.2, -0.15) is 9.97 Å². The van der Waals surface area contributed by atoms with Gasteiger partial charge in [0.05, 0.1) is 33.3 Å². The molecule has 4 saturated heterocycles. The monoisotopic (exact) mass is 1130 g/mol. The number of terminal acetylenes is 1. The number of fused-ring (bicyclic) bond motifs is 5. The van der Waals surface area contributed by atoms with Gasteiger partial charge in [0.2, 0.25) is 6.41 Å². The Morgan fingerprint density at radius 3 is 2.52 bits per heavy atom. The van der Waals surface area contributed by atoms with E-state index in [-0.39, 0.29) is 59.3 Å². The number of aliphatic hydroxyl groups excluding tert-OH is 1. The standard InChI is InChI=1S/C42H49FN7O4P.C16H20FN3O4.CH2O/c1-3-32-35(43)7-4-27-16-31(53)17-33(36(27)32)37-39(55)38-34(20-45-37)40(49-22-28-5-6-29(23-49)46-28)48-41(47-38)54-24-42-12-8-30(50(42)21-25(2)18-42)19-44-13-9-26(10-14-51)11-15-52;1-4-6-13(15(23)20(17)10-22)19(3)16(24)14-11(9-21)7-5-8-12(14)18-2;1-2/h1,4,7,14,16-17,20,26,28-30,44,46,52-53H,2,5-6,8-13,15,18-19,21-24,55H2;5,7-10,13,18H,4,6H2,1-3H3;1H2. The van der Waals surface area contributed by atoms with Crippen molar-refractivity contribution in [1.82, 2.24) is 40.5 Å². The van der Waals surface area contributed by atoms with Crippen LogP contribution < -0.4 is 30.9 Å². The smallest absolute Gasteiger partial charge is 0.319 e. The minimum absolute atomic E-state index is 0.0166. The van der Waals surface area contributed by atoms with Crippen molar-refractivity contribution in [3.8, 4) is 35.4 Å². The van der Waals surface area contributed by atoms with Crippen molar-refractivity contribution >= 4 is 85.3 Å². The Morgan fingerprint density at radius 2 is 1.85 bits per heavy atom. The van der Waals surface area contributed by atoms with Gasteiger partial charge in [-0.15, -0.1) is 20.8 Å². The molecular weight excluding hydrogens is 1060 g/mol. The van der Waals surface area contributed by atoms with Crippen LogP contribution in [-0.4, -0.2) is 167 Å². The summed E-state index contributed by atoms with van der Waals surface area (Å²) in [4.78, 5) is 86.5. The molecule has 0 radical (unpaired) electrons. The van der Waals surface area contributed by atoms with Crippen molar-refractivity contribution in [1.29, 1.82) is 0 Å². The Kier molecular flexibility index (Phi) is 21.1. The number of hydrogen-bond donors (Lipinski definition) is 5. The first-order valence-corrected chi connectivity index (χ1v) is 27.7. The number of rotatable bonds is 22. The number of likely N-dealkylation sites (N-methyl/N-ethyl adjacent to an activating group) is 1. The van der Waals surface area contributed by atoms with Crippen molar-refractivity contribution in [2.45, 2.75) is 101 Å². The van der Waals surface area contributed by atoms with E-state index < -0.39 is 28.8 Å². The molecule has 2 aromatic heterocycles. The lowest BCUT2D eigenvalue weighted by atomic mass is 9.94. The van der Waals surface area contributed by atoms with Gasteiger partial charge in [0, 0.05) is 105 Å². The van der Waals surface area contributed by atoms with Crippen molar-refractivity contribution in [3.05, 3.63) is 83.3 Å². The van der Waals surface area contributed by atoms with Crippen LogP contribution >= 0.6 is 9.24 Å². The van der Waals surface area contributed by atoms with E-state index in [1.54, 1.807) is 50.5 Å². The fourth-order valence-electron chi connectivity index (χ4n) is 12.0. The van der Waals surface area contributed by atoms with Gasteiger partial charge in [0.25, 0.3) is 11.8 Å². The van der Waals surface area contributed by atoms with Gasteiger partial charge in [0.1, 0.15) is 43.1 Å². The number of imide groups is 1. The first kappa shape index (κ1) is 61.3. The second kappa shape index (κ2) is 27.9. The van der Waals surface area contributed by atoms with Crippen molar-refractivity contribution in [2.24, 2.45) is 5.92 Å². The minimum Gasteiger partial charge on any atom is -0.508 e. The molecule has 4 fully saturated rings. The number of hydrogen-bond acceptors (Lipinski definition) is 17.